The van der Waals surface area contributed by atoms with Crippen LogP contribution >= 0.6 is 0 Å². The summed E-state index contributed by atoms with van der Waals surface area (Å²) in [7, 11) is 1.33. The molecule has 4 atom stereocenters. The number of methoxy groups -OCH3 is 1. The molecule has 1 aliphatic heterocycles. The first-order valence-corrected chi connectivity index (χ1v) is 9.95. The van der Waals surface area contributed by atoms with E-state index in [1.54, 1.807) is 36.4 Å². The maximum absolute atomic E-state index is 12.8. The molecule has 2 bridgehead atoms. The summed E-state index contributed by atoms with van der Waals surface area (Å²) < 4.78 is 10.5. The molecule has 152 valence electrons. The molecule has 0 spiro atoms. The van der Waals surface area contributed by atoms with E-state index in [4.69, 9.17) is 9.15 Å². The van der Waals surface area contributed by atoms with Gasteiger partial charge in [0.05, 0.1) is 30.7 Å². The Kier molecular flexibility index (Phi) is 4.38. The van der Waals surface area contributed by atoms with Gasteiger partial charge >= 0.3 is 5.97 Å². The molecule has 6 rings (SSSR count). The predicted octanol–water partition coefficient (Wildman–Crippen LogP) is 3.26. The number of imide groups is 1. The second kappa shape index (κ2) is 7.09. The number of furan rings is 1. The molecule has 3 aliphatic carbocycles. The van der Waals surface area contributed by atoms with E-state index in [1.807, 2.05) is 0 Å². The lowest BCUT2D eigenvalue weighted by molar-refractivity contribution is -0.140. The van der Waals surface area contributed by atoms with Gasteiger partial charge in [0.2, 0.25) is 0 Å². The molecule has 0 unspecified atom stereocenters. The smallest absolute Gasteiger partial charge is 0.337 e. The Morgan fingerprint density at radius 3 is 2.23 bits per heavy atom. The van der Waals surface area contributed by atoms with Gasteiger partial charge in [-0.25, -0.2) is 4.79 Å². The Hall–Kier alpha value is -3.48. The zero-order chi connectivity index (χ0) is 20.8. The molecule has 4 aliphatic rings. The molecule has 0 radical (unpaired) electrons. The van der Waals surface area contributed by atoms with E-state index in [2.05, 4.69) is 17.3 Å². The van der Waals surface area contributed by atoms with Gasteiger partial charge in [0.1, 0.15) is 11.5 Å². The molecule has 1 saturated carbocycles. The van der Waals surface area contributed by atoms with Gasteiger partial charge in [-0.3, -0.25) is 9.59 Å². The fourth-order valence-electron chi connectivity index (χ4n) is 4.75. The third-order valence-corrected chi connectivity index (χ3v) is 6.25. The van der Waals surface area contributed by atoms with E-state index in [0.29, 0.717) is 17.1 Å². The van der Waals surface area contributed by atoms with Crippen LogP contribution < -0.4 is 0 Å². The maximum atomic E-state index is 12.8. The first-order valence-electron chi connectivity index (χ1n) is 9.95. The van der Waals surface area contributed by atoms with Crippen molar-refractivity contribution in [3.05, 3.63) is 59.9 Å². The fraction of sp³-hybridized carbons (Fsp3) is 0.304. The standard InChI is InChI=1S/C23H20N2O5/c1-29-23(28)16-8-2-13(3-9-16)18-11-10-17(30-18)12-24-25-21(26)19-14-4-5-15(7-6-14)20(19)22(25)27/h2-5,8-12,14-15,19-20H,6-7H2,1H3/b24-12-/t14-,15-,19-,20+/m0/s1. The van der Waals surface area contributed by atoms with Crippen molar-refractivity contribution in [2.45, 2.75) is 12.8 Å². The normalized spacial score (nSPS) is 27.2. The number of ether oxygens (including phenoxy) is 1. The van der Waals surface area contributed by atoms with Gasteiger partial charge in [0, 0.05) is 5.56 Å². The van der Waals surface area contributed by atoms with Gasteiger partial charge in [-0.05, 0) is 48.9 Å². The topological polar surface area (TPSA) is 89.2 Å². The van der Waals surface area contributed by atoms with Crippen molar-refractivity contribution < 1.29 is 23.5 Å². The van der Waals surface area contributed by atoms with E-state index < -0.39 is 5.97 Å². The fourth-order valence-corrected chi connectivity index (χ4v) is 4.75. The minimum atomic E-state index is -0.405. The molecule has 2 amide bonds. The lowest BCUT2D eigenvalue weighted by Gasteiger charge is -2.37. The van der Waals surface area contributed by atoms with Crippen molar-refractivity contribution >= 4 is 24.0 Å². The number of rotatable bonds is 4. The number of nitrogens with zero attached hydrogens (tertiary/aromatic N) is 2. The molecule has 1 aromatic carbocycles. The summed E-state index contributed by atoms with van der Waals surface area (Å²) in [6.07, 6.45) is 7.47. The zero-order valence-corrected chi connectivity index (χ0v) is 16.4. The molecule has 0 N–H and O–H groups in total. The third-order valence-electron chi connectivity index (χ3n) is 6.25. The summed E-state index contributed by atoms with van der Waals surface area (Å²) in [6, 6.07) is 10.3. The summed E-state index contributed by atoms with van der Waals surface area (Å²) in [5.74, 6) is -0.104. The van der Waals surface area contributed by atoms with E-state index >= 15 is 0 Å². The molecule has 2 aromatic rings. The number of benzene rings is 1. The maximum Gasteiger partial charge on any atom is 0.337 e. The minimum absolute atomic E-state index is 0.139. The van der Waals surface area contributed by atoms with Crippen LogP contribution in [0.2, 0.25) is 0 Å². The van der Waals surface area contributed by atoms with Crippen molar-refractivity contribution in [2.75, 3.05) is 7.11 Å². The van der Waals surface area contributed by atoms with E-state index in [0.717, 1.165) is 23.4 Å². The highest BCUT2D eigenvalue weighted by molar-refractivity contribution is 6.06. The number of esters is 1. The second-order valence-electron chi connectivity index (χ2n) is 7.85. The van der Waals surface area contributed by atoms with Gasteiger partial charge in [-0.1, -0.05) is 24.3 Å². The highest BCUT2D eigenvalue weighted by atomic mass is 16.5. The molecular formula is C23H20N2O5. The zero-order valence-electron chi connectivity index (χ0n) is 16.4. The molecule has 1 aromatic heterocycles. The molecule has 7 heteroatoms. The van der Waals surface area contributed by atoms with Crippen LogP contribution in [-0.4, -0.2) is 36.1 Å². The highest BCUT2D eigenvalue weighted by Crippen LogP contribution is 2.49. The van der Waals surface area contributed by atoms with Crippen molar-refractivity contribution in [2.24, 2.45) is 28.8 Å². The van der Waals surface area contributed by atoms with Gasteiger partial charge in [-0.2, -0.15) is 10.1 Å². The lowest BCUT2D eigenvalue weighted by Crippen LogP contribution is -2.38. The Morgan fingerprint density at radius 2 is 1.67 bits per heavy atom. The van der Waals surface area contributed by atoms with Crippen LogP contribution in [0.5, 0.6) is 0 Å². The number of carbonyl (C=O) groups excluding carboxylic acids is 3. The summed E-state index contributed by atoms with van der Waals surface area (Å²) in [5, 5.41) is 5.17. The first kappa shape index (κ1) is 18.5. The summed E-state index contributed by atoms with van der Waals surface area (Å²) in [5.41, 5.74) is 1.23. The average Bonchev–Trinajstić information content (AvgIpc) is 3.37. The Labute approximate surface area is 173 Å². The van der Waals surface area contributed by atoms with Crippen LogP contribution in [0.3, 0.4) is 0 Å². The molecule has 1 saturated heterocycles. The van der Waals surface area contributed by atoms with E-state index in [1.165, 1.54) is 13.3 Å². The monoisotopic (exact) mass is 404 g/mol. The van der Waals surface area contributed by atoms with Crippen molar-refractivity contribution in [1.29, 1.82) is 0 Å². The van der Waals surface area contributed by atoms with Crippen LogP contribution in [0.25, 0.3) is 11.3 Å². The number of hydrogen-bond acceptors (Lipinski definition) is 6. The van der Waals surface area contributed by atoms with E-state index in [-0.39, 0.29) is 35.5 Å². The van der Waals surface area contributed by atoms with Gasteiger partial charge in [-0.15, -0.1) is 0 Å². The average molecular weight is 404 g/mol. The second-order valence-corrected chi connectivity index (χ2v) is 7.85. The number of fused-ring (bicyclic) bond motifs is 1. The molecule has 2 heterocycles. The van der Waals surface area contributed by atoms with Crippen LogP contribution in [0, 0.1) is 23.7 Å². The van der Waals surface area contributed by atoms with Gasteiger partial charge in [0.15, 0.2) is 0 Å². The predicted molar refractivity (Wildman–Crippen MR) is 107 cm³/mol. The van der Waals surface area contributed by atoms with Crippen LogP contribution in [0.4, 0.5) is 0 Å². The van der Waals surface area contributed by atoms with Gasteiger partial charge < -0.3 is 9.15 Å². The van der Waals surface area contributed by atoms with Gasteiger partial charge in [0.25, 0.3) is 11.8 Å². The van der Waals surface area contributed by atoms with Crippen molar-refractivity contribution in [3.63, 3.8) is 0 Å². The van der Waals surface area contributed by atoms with Crippen molar-refractivity contribution in [3.8, 4) is 11.3 Å². The quantitative estimate of drug-likeness (QED) is 0.338. The Morgan fingerprint density at radius 1 is 1.03 bits per heavy atom. The van der Waals surface area contributed by atoms with Crippen LogP contribution in [-0.2, 0) is 14.3 Å². The lowest BCUT2D eigenvalue weighted by atomic mass is 9.63. The summed E-state index contributed by atoms with van der Waals surface area (Å²) in [6.45, 7) is 0. The molecule has 2 fully saturated rings. The number of hydrazone groups is 1. The van der Waals surface area contributed by atoms with Crippen LogP contribution in [0.1, 0.15) is 29.0 Å². The molecule has 7 nitrogen and oxygen atoms in total. The van der Waals surface area contributed by atoms with Crippen LogP contribution in [0.15, 0.2) is 58.1 Å². The van der Waals surface area contributed by atoms with Crippen molar-refractivity contribution in [1.82, 2.24) is 5.01 Å². The Bertz CT molecular complexity index is 1050. The summed E-state index contributed by atoms with van der Waals surface area (Å²) in [4.78, 5) is 37.1. The molecular weight excluding hydrogens is 384 g/mol. The number of allylic oxidation sites excluding steroid dienone is 2. The number of amides is 2. The number of carbonyl (C=O) groups is 3. The first-order chi connectivity index (χ1) is 14.6. The molecule has 30 heavy (non-hydrogen) atoms. The van der Waals surface area contributed by atoms with E-state index in [9.17, 15) is 14.4 Å². The largest absolute Gasteiger partial charge is 0.465 e. The minimum Gasteiger partial charge on any atom is -0.465 e. The number of hydrogen-bond donors (Lipinski definition) is 0. The Balaban J connectivity index is 1.33. The summed E-state index contributed by atoms with van der Waals surface area (Å²) >= 11 is 0. The highest BCUT2D eigenvalue weighted by Gasteiger charge is 2.56. The SMILES string of the molecule is COC(=O)c1ccc(-c2ccc(/C=N\N3C(=O)[C@@H]4[C@H](C3=O)[C@H]3C=C[C@H]4CC3)o2)cc1. The third kappa shape index (κ3) is 2.89.